The summed E-state index contributed by atoms with van der Waals surface area (Å²) in [6.07, 6.45) is 6.81. The average Bonchev–Trinajstić information content (AvgIpc) is 2.57. The molecule has 2 aromatic heterocycles. The minimum atomic E-state index is 0. The van der Waals surface area contributed by atoms with Gasteiger partial charge in [-0.05, 0) is 36.6 Å². The van der Waals surface area contributed by atoms with Crippen molar-refractivity contribution in [2.75, 3.05) is 0 Å². The van der Waals surface area contributed by atoms with Gasteiger partial charge in [-0.3, -0.25) is 10.9 Å². The average molecular weight is 469 g/mol. The highest BCUT2D eigenvalue weighted by molar-refractivity contribution is 7.80. The Morgan fingerprint density at radius 1 is 0.786 bits per heavy atom. The van der Waals surface area contributed by atoms with Crippen LogP contribution in [-0.2, 0) is 0 Å². The zero-order valence-electron chi connectivity index (χ0n) is 14.4. The number of aromatic amines is 2. The molecular weight excluding hydrogens is 447 g/mol. The zero-order chi connectivity index (χ0) is 17.6. The van der Waals surface area contributed by atoms with Crippen LogP contribution in [0.3, 0.4) is 0 Å². The molecular formula is C14H22Cl2N8O2S2. The maximum Gasteiger partial charge on any atom is 0.223 e. The molecule has 0 unspecified atom stereocenters. The Hall–Kier alpha value is -2.48. The molecule has 0 fully saturated rings. The van der Waals surface area contributed by atoms with E-state index in [0.717, 1.165) is 11.4 Å². The molecule has 0 saturated carbocycles. The molecule has 0 aliphatic heterocycles. The van der Waals surface area contributed by atoms with E-state index in [9.17, 15) is 0 Å². The van der Waals surface area contributed by atoms with Gasteiger partial charge in [-0.15, -0.1) is 0 Å². The minimum Gasteiger partial charge on any atom is -1.00 e. The smallest absolute Gasteiger partial charge is 0.223 e. The van der Waals surface area contributed by atoms with Crippen molar-refractivity contribution < 1.29 is 45.7 Å². The molecule has 0 bridgehead atoms. The monoisotopic (exact) mass is 468 g/mol. The minimum absolute atomic E-state index is 0. The first-order valence-electron chi connectivity index (χ1n) is 6.68. The van der Waals surface area contributed by atoms with E-state index in [1.54, 1.807) is 12.4 Å². The quantitative estimate of drug-likeness (QED) is 0.195. The number of rotatable bonds is 4. The molecule has 156 valence electrons. The lowest BCUT2D eigenvalue weighted by Gasteiger charge is -1.90. The van der Waals surface area contributed by atoms with Crippen molar-refractivity contribution >= 4 is 47.1 Å². The first kappa shape index (κ1) is 33.1. The van der Waals surface area contributed by atoms with Crippen LogP contribution in [0.4, 0.5) is 0 Å². The van der Waals surface area contributed by atoms with E-state index >= 15 is 0 Å². The number of nitrogens with one attached hydrogen (secondary N) is 4. The number of thiocarbonyl (C=S) groups is 2. The van der Waals surface area contributed by atoms with Crippen molar-refractivity contribution in [3.8, 4) is 0 Å². The van der Waals surface area contributed by atoms with E-state index in [-0.39, 0.29) is 46.0 Å². The molecule has 12 N–H and O–H groups in total. The number of halogens is 2. The SMILES string of the molecule is NC(=S)N/N=C/c1cccc[nH+]1.NC(=S)N/N=C/c1cccc[nH+]1.O.O.[Cl-].[Cl-]. The number of nitrogens with zero attached hydrogens (tertiary/aromatic N) is 2. The van der Waals surface area contributed by atoms with Gasteiger partial charge in [0.1, 0.15) is 12.4 Å². The lowest BCUT2D eigenvalue weighted by molar-refractivity contribution is -0.379. The molecule has 0 aliphatic rings. The van der Waals surface area contributed by atoms with Crippen molar-refractivity contribution in [3.63, 3.8) is 0 Å². The van der Waals surface area contributed by atoms with E-state index in [4.69, 9.17) is 11.5 Å². The van der Waals surface area contributed by atoms with Crippen LogP contribution in [0.25, 0.3) is 0 Å². The summed E-state index contributed by atoms with van der Waals surface area (Å²) in [6.45, 7) is 0. The second-order valence-corrected chi connectivity index (χ2v) is 4.98. The fourth-order valence-corrected chi connectivity index (χ4v) is 1.41. The number of hydrogen-bond donors (Lipinski definition) is 4. The van der Waals surface area contributed by atoms with Crippen molar-refractivity contribution in [1.82, 2.24) is 10.9 Å². The van der Waals surface area contributed by atoms with Gasteiger partial charge in [-0.2, -0.15) is 10.2 Å². The second-order valence-electron chi connectivity index (χ2n) is 4.10. The third-order valence-corrected chi connectivity index (χ3v) is 2.41. The van der Waals surface area contributed by atoms with Crippen LogP contribution >= 0.6 is 24.4 Å². The van der Waals surface area contributed by atoms with Gasteiger partial charge in [0.15, 0.2) is 22.6 Å². The molecule has 0 spiro atoms. The van der Waals surface area contributed by atoms with Crippen LogP contribution in [0, 0.1) is 0 Å². The number of hydrazone groups is 2. The molecule has 0 amide bonds. The van der Waals surface area contributed by atoms with Crippen LogP contribution in [-0.4, -0.2) is 33.6 Å². The Bertz CT molecular complexity index is 648. The highest BCUT2D eigenvalue weighted by Crippen LogP contribution is 1.82. The predicted octanol–water partition coefficient (Wildman–Crippen LogP) is -8.31. The van der Waals surface area contributed by atoms with Gasteiger partial charge in [0.25, 0.3) is 0 Å². The van der Waals surface area contributed by atoms with Crippen LogP contribution in [0.15, 0.2) is 59.0 Å². The van der Waals surface area contributed by atoms with Crippen LogP contribution in [0.5, 0.6) is 0 Å². The summed E-state index contributed by atoms with van der Waals surface area (Å²) in [5, 5.41) is 7.85. The highest BCUT2D eigenvalue weighted by atomic mass is 35.5. The maximum atomic E-state index is 5.15. The Kier molecular flexibility index (Phi) is 24.6. The molecule has 28 heavy (non-hydrogen) atoms. The molecule has 0 aromatic carbocycles. The van der Waals surface area contributed by atoms with Gasteiger partial charge in [-0.1, -0.05) is 0 Å². The number of aromatic nitrogens is 2. The van der Waals surface area contributed by atoms with Crippen LogP contribution < -0.4 is 57.1 Å². The summed E-state index contributed by atoms with van der Waals surface area (Å²) >= 11 is 9.11. The Balaban J connectivity index is -0.000000180. The molecule has 2 rings (SSSR count). The number of H-pyrrole nitrogens is 2. The number of hydrogen-bond acceptors (Lipinski definition) is 4. The molecule has 14 heteroatoms. The second kappa shape index (κ2) is 20.8. The summed E-state index contributed by atoms with van der Waals surface area (Å²) < 4.78 is 0. The Labute approximate surface area is 185 Å². The summed E-state index contributed by atoms with van der Waals surface area (Å²) in [6, 6.07) is 11.3. The molecule has 0 radical (unpaired) electrons. The van der Waals surface area contributed by atoms with E-state index < -0.39 is 0 Å². The van der Waals surface area contributed by atoms with Crippen LogP contribution in [0.2, 0.25) is 0 Å². The first-order valence-corrected chi connectivity index (χ1v) is 7.50. The van der Waals surface area contributed by atoms with Crippen molar-refractivity contribution in [2.45, 2.75) is 0 Å². The normalized spacial score (nSPS) is 8.57. The third kappa shape index (κ3) is 18.3. The molecule has 2 heterocycles. The van der Waals surface area contributed by atoms with Gasteiger partial charge in [-0.25, -0.2) is 9.97 Å². The van der Waals surface area contributed by atoms with Crippen molar-refractivity contribution in [3.05, 3.63) is 60.2 Å². The Morgan fingerprint density at radius 3 is 1.39 bits per heavy atom. The molecule has 0 saturated heterocycles. The fourth-order valence-electron chi connectivity index (χ4n) is 1.31. The van der Waals surface area contributed by atoms with Gasteiger partial charge < -0.3 is 47.2 Å². The highest BCUT2D eigenvalue weighted by Gasteiger charge is 1.92. The third-order valence-electron chi connectivity index (χ3n) is 2.22. The predicted molar refractivity (Wildman–Crippen MR) is 108 cm³/mol. The topological polar surface area (TPSA) is 192 Å². The lowest BCUT2D eigenvalue weighted by Crippen LogP contribution is -3.00. The largest absolute Gasteiger partial charge is 1.00 e. The standard InChI is InChI=1S/2C7H8N4S.2ClH.2H2O/c2*8-7(12)11-10-5-6-3-1-2-4-9-6;;;;/h2*1-5H,(H3,8,11,12);2*1H;2*1H2/b2*10-5+;;;;. The number of pyridine rings is 2. The summed E-state index contributed by atoms with van der Waals surface area (Å²) in [5.74, 6) is 0. The van der Waals surface area contributed by atoms with Crippen molar-refractivity contribution in [2.24, 2.45) is 21.7 Å². The van der Waals surface area contributed by atoms with Gasteiger partial charge in [0, 0.05) is 24.3 Å². The molecule has 10 nitrogen and oxygen atoms in total. The molecule has 0 aliphatic carbocycles. The van der Waals surface area contributed by atoms with E-state index in [2.05, 4.69) is 55.5 Å². The number of nitrogens with two attached hydrogens (primary N) is 2. The van der Waals surface area contributed by atoms with Crippen molar-refractivity contribution in [1.29, 1.82) is 0 Å². The lowest BCUT2D eigenvalue weighted by atomic mass is 10.4. The molecule has 0 atom stereocenters. The summed E-state index contributed by atoms with van der Waals surface area (Å²) in [4.78, 5) is 5.94. The summed E-state index contributed by atoms with van der Waals surface area (Å²) in [5.41, 5.74) is 17.0. The van der Waals surface area contributed by atoms with E-state index in [1.807, 2.05) is 48.8 Å². The zero-order valence-corrected chi connectivity index (χ0v) is 17.5. The maximum absolute atomic E-state index is 5.15. The van der Waals surface area contributed by atoms with Crippen LogP contribution in [0.1, 0.15) is 11.4 Å². The Morgan fingerprint density at radius 2 is 1.14 bits per heavy atom. The van der Waals surface area contributed by atoms with Gasteiger partial charge >= 0.3 is 0 Å². The van der Waals surface area contributed by atoms with E-state index in [0.29, 0.717) is 0 Å². The molecule has 2 aromatic rings. The summed E-state index contributed by atoms with van der Waals surface area (Å²) in [7, 11) is 0. The van der Waals surface area contributed by atoms with Gasteiger partial charge in [0.05, 0.1) is 0 Å². The first-order chi connectivity index (χ1) is 11.6. The van der Waals surface area contributed by atoms with Gasteiger partial charge in [0.2, 0.25) is 11.4 Å². The fraction of sp³-hybridized carbons (Fsp3) is 0. The van der Waals surface area contributed by atoms with E-state index in [1.165, 1.54) is 0 Å².